The van der Waals surface area contributed by atoms with Gasteiger partial charge in [-0.05, 0) is 60.5 Å². The van der Waals surface area contributed by atoms with Gasteiger partial charge in [0.15, 0.2) is 0 Å². The summed E-state index contributed by atoms with van der Waals surface area (Å²) < 4.78 is 5.30. The molecule has 1 fully saturated rings. The van der Waals surface area contributed by atoms with E-state index < -0.39 is 5.60 Å². The van der Waals surface area contributed by atoms with Gasteiger partial charge in [0.05, 0.1) is 0 Å². The van der Waals surface area contributed by atoms with E-state index in [4.69, 9.17) is 4.74 Å². The highest BCUT2D eigenvalue weighted by Crippen LogP contribution is 2.16. The molecule has 0 aromatic carbocycles. The number of nitrogens with zero attached hydrogens (tertiary/aromatic N) is 1. The molecule has 1 saturated heterocycles. The Morgan fingerprint density at radius 3 is 2.64 bits per heavy atom. The van der Waals surface area contributed by atoms with E-state index in [1.807, 2.05) is 20.8 Å². The van der Waals surface area contributed by atoms with Crippen LogP contribution in [0.15, 0.2) is 0 Å². The lowest BCUT2D eigenvalue weighted by Crippen LogP contribution is -2.51. The van der Waals surface area contributed by atoms with Gasteiger partial charge in [0.25, 0.3) is 0 Å². The van der Waals surface area contributed by atoms with Crippen molar-refractivity contribution in [2.24, 2.45) is 0 Å². The Kier molecular flexibility index (Phi) is 7.63. The van der Waals surface area contributed by atoms with Gasteiger partial charge in [-0.25, -0.2) is 4.79 Å². The molecule has 130 valence electrons. The van der Waals surface area contributed by atoms with Crippen LogP contribution in [0.25, 0.3) is 0 Å². The molecule has 0 saturated carbocycles. The van der Waals surface area contributed by atoms with Gasteiger partial charge in [0.2, 0.25) is 0 Å². The summed E-state index contributed by atoms with van der Waals surface area (Å²) in [5.74, 6) is 0. The van der Waals surface area contributed by atoms with Crippen LogP contribution >= 0.6 is 0 Å². The maximum atomic E-state index is 11.8. The van der Waals surface area contributed by atoms with Crippen LogP contribution in [0.2, 0.25) is 0 Å². The summed E-state index contributed by atoms with van der Waals surface area (Å²) in [6.07, 6.45) is 4.19. The van der Waals surface area contributed by atoms with Gasteiger partial charge < -0.3 is 20.3 Å². The van der Waals surface area contributed by atoms with Crippen LogP contribution in [-0.4, -0.2) is 54.9 Å². The predicted octanol–water partition coefficient (Wildman–Crippen LogP) is 2.75. The summed E-state index contributed by atoms with van der Waals surface area (Å²) in [6, 6.07) is 1.48. The number of carbonyl (C=O) groups is 1. The second-order valence-electron chi connectivity index (χ2n) is 7.59. The first kappa shape index (κ1) is 19.2. The molecule has 0 aliphatic carbocycles. The number of hydrogen-bond donors (Lipinski definition) is 2. The number of rotatable bonds is 6. The van der Waals surface area contributed by atoms with Gasteiger partial charge in [-0.3, -0.25) is 0 Å². The lowest BCUT2D eigenvalue weighted by Gasteiger charge is -2.37. The number of ether oxygens (including phenoxy) is 1. The summed E-state index contributed by atoms with van der Waals surface area (Å²) in [5, 5.41) is 6.63. The summed E-state index contributed by atoms with van der Waals surface area (Å²) in [7, 11) is 2.19. The molecule has 3 atom stereocenters. The zero-order valence-corrected chi connectivity index (χ0v) is 15.2. The first-order valence-electron chi connectivity index (χ1n) is 8.64. The smallest absolute Gasteiger partial charge is 0.407 e. The molecule has 3 unspecified atom stereocenters. The van der Waals surface area contributed by atoms with Crippen molar-refractivity contribution in [2.45, 2.75) is 84.0 Å². The molecule has 1 heterocycles. The lowest BCUT2D eigenvalue weighted by atomic mass is 9.97. The minimum Gasteiger partial charge on any atom is -0.444 e. The second-order valence-corrected chi connectivity index (χ2v) is 7.59. The third-order valence-corrected chi connectivity index (χ3v) is 4.21. The largest absolute Gasteiger partial charge is 0.444 e. The van der Waals surface area contributed by atoms with Crippen molar-refractivity contribution >= 4 is 6.09 Å². The first-order valence-corrected chi connectivity index (χ1v) is 8.64. The molecule has 0 bridgehead atoms. The zero-order chi connectivity index (χ0) is 16.8. The molecule has 5 nitrogen and oxygen atoms in total. The van der Waals surface area contributed by atoms with E-state index >= 15 is 0 Å². The molecule has 0 radical (unpaired) electrons. The summed E-state index contributed by atoms with van der Waals surface area (Å²) in [5.41, 5.74) is -0.443. The molecule has 1 aliphatic heterocycles. The molecule has 1 aliphatic rings. The average molecular weight is 313 g/mol. The van der Waals surface area contributed by atoms with Crippen LogP contribution in [0, 0.1) is 0 Å². The molecule has 0 aromatic rings. The molecule has 0 spiro atoms. The highest BCUT2D eigenvalue weighted by atomic mass is 16.6. The highest BCUT2D eigenvalue weighted by Gasteiger charge is 2.25. The topological polar surface area (TPSA) is 53.6 Å². The third kappa shape index (κ3) is 7.45. The fourth-order valence-electron chi connectivity index (χ4n) is 2.89. The van der Waals surface area contributed by atoms with Crippen molar-refractivity contribution < 1.29 is 9.53 Å². The van der Waals surface area contributed by atoms with Gasteiger partial charge in [0.1, 0.15) is 5.60 Å². The predicted molar refractivity (Wildman–Crippen MR) is 91.2 cm³/mol. The first-order chi connectivity index (χ1) is 10.2. The van der Waals surface area contributed by atoms with Crippen LogP contribution in [0.3, 0.4) is 0 Å². The second kappa shape index (κ2) is 8.73. The molecule has 1 rings (SSSR count). The molecule has 1 amide bonds. The Labute approximate surface area is 136 Å². The maximum absolute atomic E-state index is 11.8. The molecule has 22 heavy (non-hydrogen) atoms. The van der Waals surface area contributed by atoms with E-state index in [1.54, 1.807) is 0 Å². The number of piperidine rings is 1. The van der Waals surface area contributed by atoms with Crippen molar-refractivity contribution in [2.75, 3.05) is 20.1 Å². The molecule has 2 N–H and O–H groups in total. The number of likely N-dealkylation sites (tertiary alicyclic amines) is 1. The van der Waals surface area contributed by atoms with Crippen molar-refractivity contribution in [3.63, 3.8) is 0 Å². The minimum atomic E-state index is -0.443. The van der Waals surface area contributed by atoms with E-state index in [0.717, 1.165) is 19.4 Å². The van der Waals surface area contributed by atoms with Crippen LogP contribution in [0.5, 0.6) is 0 Å². The fraction of sp³-hybridized carbons (Fsp3) is 0.941. The standard InChI is InChI=1S/C17H35N3O2/c1-7-8-15(12-18-16(21)22-17(3,4)5)19-14-9-10-20(6)13(2)11-14/h13-15,19H,7-12H2,1-6H3,(H,18,21). The Morgan fingerprint density at radius 1 is 1.41 bits per heavy atom. The van der Waals surface area contributed by atoms with Crippen molar-refractivity contribution in [3.05, 3.63) is 0 Å². The Balaban J connectivity index is 2.40. The Morgan fingerprint density at radius 2 is 2.09 bits per heavy atom. The Hall–Kier alpha value is -0.810. The fourth-order valence-corrected chi connectivity index (χ4v) is 2.89. The van der Waals surface area contributed by atoms with Crippen LogP contribution < -0.4 is 10.6 Å². The molecular formula is C17H35N3O2. The van der Waals surface area contributed by atoms with Crippen molar-refractivity contribution in [1.29, 1.82) is 0 Å². The van der Waals surface area contributed by atoms with Crippen LogP contribution in [0.1, 0.15) is 60.3 Å². The van der Waals surface area contributed by atoms with E-state index in [2.05, 4.69) is 36.4 Å². The van der Waals surface area contributed by atoms with Gasteiger partial charge in [-0.15, -0.1) is 0 Å². The molecular weight excluding hydrogens is 278 g/mol. The third-order valence-electron chi connectivity index (χ3n) is 4.21. The maximum Gasteiger partial charge on any atom is 0.407 e. The molecule has 0 aromatic heterocycles. The summed E-state index contributed by atoms with van der Waals surface area (Å²) >= 11 is 0. The van der Waals surface area contributed by atoms with E-state index in [1.165, 1.54) is 12.8 Å². The zero-order valence-electron chi connectivity index (χ0n) is 15.2. The van der Waals surface area contributed by atoms with E-state index in [0.29, 0.717) is 24.7 Å². The average Bonchev–Trinajstić information content (AvgIpc) is 2.38. The van der Waals surface area contributed by atoms with Gasteiger partial charge in [-0.1, -0.05) is 13.3 Å². The van der Waals surface area contributed by atoms with Gasteiger partial charge in [-0.2, -0.15) is 0 Å². The lowest BCUT2D eigenvalue weighted by molar-refractivity contribution is 0.0519. The normalized spacial score (nSPS) is 24.8. The number of amides is 1. The monoisotopic (exact) mass is 313 g/mol. The van der Waals surface area contributed by atoms with Gasteiger partial charge >= 0.3 is 6.09 Å². The van der Waals surface area contributed by atoms with E-state index in [-0.39, 0.29) is 6.09 Å². The number of carbonyl (C=O) groups excluding carboxylic acids is 1. The minimum absolute atomic E-state index is 0.318. The SMILES string of the molecule is CCCC(CNC(=O)OC(C)(C)C)NC1CCN(C)C(C)C1. The molecule has 5 heteroatoms. The van der Waals surface area contributed by atoms with Crippen LogP contribution in [0.4, 0.5) is 4.79 Å². The summed E-state index contributed by atoms with van der Waals surface area (Å²) in [4.78, 5) is 14.2. The summed E-state index contributed by atoms with van der Waals surface area (Å²) in [6.45, 7) is 11.9. The number of hydrogen-bond acceptors (Lipinski definition) is 4. The Bertz CT molecular complexity index is 341. The van der Waals surface area contributed by atoms with Crippen molar-refractivity contribution in [1.82, 2.24) is 15.5 Å². The quantitative estimate of drug-likeness (QED) is 0.792. The van der Waals surface area contributed by atoms with Crippen LogP contribution in [-0.2, 0) is 4.74 Å². The van der Waals surface area contributed by atoms with Crippen molar-refractivity contribution in [3.8, 4) is 0 Å². The highest BCUT2D eigenvalue weighted by molar-refractivity contribution is 5.67. The number of alkyl carbamates (subject to hydrolysis) is 1. The van der Waals surface area contributed by atoms with Gasteiger partial charge in [0, 0.05) is 24.7 Å². The van der Waals surface area contributed by atoms with E-state index in [9.17, 15) is 4.79 Å². The number of nitrogens with one attached hydrogen (secondary N) is 2.